The van der Waals surface area contributed by atoms with E-state index in [4.69, 9.17) is 27.9 Å². The Morgan fingerprint density at radius 1 is 0.898 bits per heavy atom. The SMILES string of the molecule is O=C1CCC(N2C(=O)c3cccc(OCC(=O)N4CCN(C(=O)c5nn(Cc6ccc(Cl)cc6Cl)c6ccccc56)CC4)c3C2=O)C(=O)N1. The Hall–Kier alpha value is -5.27. The number of fused-ring (bicyclic) bond motifs is 2. The molecule has 3 aliphatic heterocycles. The van der Waals surface area contributed by atoms with Crippen LogP contribution in [-0.4, -0.2) is 98.8 Å². The number of hydrogen-bond donors (Lipinski definition) is 1. The molecule has 250 valence electrons. The highest BCUT2D eigenvalue weighted by Crippen LogP contribution is 2.34. The van der Waals surface area contributed by atoms with Crippen LogP contribution in [0.3, 0.4) is 0 Å². The summed E-state index contributed by atoms with van der Waals surface area (Å²) in [6, 6.07) is 16.0. The number of amides is 6. The van der Waals surface area contributed by atoms with Crippen LogP contribution in [0.15, 0.2) is 60.7 Å². The zero-order valence-corrected chi connectivity index (χ0v) is 27.4. The summed E-state index contributed by atoms with van der Waals surface area (Å²) in [4.78, 5) is 81.3. The number of nitrogens with one attached hydrogen (secondary N) is 1. The number of aromatic nitrogens is 2. The van der Waals surface area contributed by atoms with Crippen LogP contribution in [0.4, 0.5) is 0 Å². The molecule has 7 rings (SSSR count). The molecule has 3 aromatic carbocycles. The third-order valence-electron chi connectivity index (χ3n) is 8.90. The number of carbonyl (C=O) groups excluding carboxylic acids is 6. The summed E-state index contributed by atoms with van der Waals surface area (Å²) in [5.74, 6) is -3.16. The Labute approximate surface area is 289 Å². The molecule has 0 bridgehead atoms. The molecule has 2 saturated heterocycles. The molecule has 0 saturated carbocycles. The second-order valence-corrected chi connectivity index (χ2v) is 12.7. The van der Waals surface area contributed by atoms with Crippen LogP contribution in [-0.2, 0) is 20.9 Å². The van der Waals surface area contributed by atoms with Crippen molar-refractivity contribution in [1.82, 2.24) is 29.8 Å². The van der Waals surface area contributed by atoms with Crippen molar-refractivity contribution in [2.45, 2.75) is 25.4 Å². The molecule has 0 aliphatic carbocycles. The number of para-hydroxylation sites is 1. The number of ether oxygens (including phenoxy) is 1. The standard InChI is InChI=1S/C34H28Cl2N6O7/c35-20-9-8-19(23(36)16-20)17-41-24-6-2-1-4-21(24)30(38-41)34(48)40-14-12-39(13-15-40)28(44)18-49-26-7-3-5-22-29(26)33(47)42(32(22)46)25-10-11-27(43)37-31(25)45/h1-9,16,25H,10-15,17-18H2,(H,37,43,45). The van der Waals surface area contributed by atoms with Gasteiger partial charge in [-0.25, -0.2) is 0 Å². The van der Waals surface area contributed by atoms with E-state index in [9.17, 15) is 28.8 Å². The molecule has 15 heteroatoms. The molecule has 49 heavy (non-hydrogen) atoms. The van der Waals surface area contributed by atoms with Gasteiger partial charge in [0.05, 0.1) is 23.2 Å². The van der Waals surface area contributed by atoms with Crippen LogP contribution in [0.2, 0.25) is 10.0 Å². The molecular formula is C34H28Cl2N6O7. The number of carbonyl (C=O) groups is 6. The Morgan fingerprint density at radius 2 is 1.65 bits per heavy atom. The van der Waals surface area contributed by atoms with Crippen LogP contribution in [0, 0.1) is 0 Å². The van der Waals surface area contributed by atoms with Crippen molar-refractivity contribution in [3.63, 3.8) is 0 Å². The predicted octanol–water partition coefficient (Wildman–Crippen LogP) is 3.16. The molecule has 4 heterocycles. The van der Waals surface area contributed by atoms with Crippen molar-refractivity contribution in [2.75, 3.05) is 32.8 Å². The maximum atomic E-state index is 13.7. The topological polar surface area (TPSA) is 151 Å². The van der Waals surface area contributed by atoms with Crippen LogP contribution >= 0.6 is 23.2 Å². The lowest BCUT2D eigenvalue weighted by Crippen LogP contribution is -2.54. The Kier molecular flexibility index (Phi) is 8.55. The second-order valence-electron chi connectivity index (χ2n) is 11.8. The molecule has 3 aliphatic rings. The van der Waals surface area contributed by atoms with Crippen LogP contribution in [0.1, 0.15) is 49.6 Å². The summed E-state index contributed by atoms with van der Waals surface area (Å²) >= 11 is 12.5. The van der Waals surface area contributed by atoms with E-state index in [2.05, 4.69) is 10.4 Å². The lowest BCUT2D eigenvalue weighted by molar-refractivity contribution is -0.136. The first-order chi connectivity index (χ1) is 23.6. The summed E-state index contributed by atoms with van der Waals surface area (Å²) in [7, 11) is 0. The number of rotatable bonds is 7. The first-order valence-electron chi connectivity index (χ1n) is 15.5. The molecule has 4 aromatic rings. The zero-order chi connectivity index (χ0) is 34.4. The lowest BCUT2D eigenvalue weighted by atomic mass is 10.0. The minimum Gasteiger partial charge on any atom is -0.483 e. The maximum Gasteiger partial charge on any atom is 0.275 e. The summed E-state index contributed by atoms with van der Waals surface area (Å²) in [5, 5.41) is 8.54. The van der Waals surface area contributed by atoms with Crippen LogP contribution in [0.25, 0.3) is 10.9 Å². The highest BCUT2D eigenvalue weighted by molar-refractivity contribution is 6.35. The largest absolute Gasteiger partial charge is 0.483 e. The van der Waals surface area contributed by atoms with Crippen molar-refractivity contribution in [1.29, 1.82) is 0 Å². The molecule has 1 atom stereocenters. The van der Waals surface area contributed by atoms with E-state index in [0.29, 0.717) is 27.7 Å². The lowest BCUT2D eigenvalue weighted by Gasteiger charge is -2.34. The van der Waals surface area contributed by atoms with Crippen molar-refractivity contribution in [3.8, 4) is 5.75 Å². The maximum absolute atomic E-state index is 13.7. The summed E-state index contributed by atoms with van der Waals surface area (Å²) in [5.41, 5.74) is 1.89. The summed E-state index contributed by atoms with van der Waals surface area (Å²) < 4.78 is 7.50. The van der Waals surface area contributed by atoms with Gasteiger partial charge in [-0.3, -0.25) is 43.7 Å². The van der Waals surface area contributed by atoms with Crippen molar-refractivity contribution >= 4 is 69.5 Å². The fraction of sp³-hybridized carbons (Fsp3) is 0.265. The molecule has 2 fully saturated rings. The number of piperazine rings is 1. The van der Waals surface area contributed by atoms with Crippen LogP contribution in [0.5, 0.6) is 5.75 Å². The van der Waals surface area contributed by atoms with E-state index < -0.39 is 36.3 Å². The molecule has 0 spiro atoms. The zero-order valence-electron chi connectivity index (χ0n) is 25.9. The van der Waals surface area contributed by atoms with Gasteiger partial charge in [0, 0.05) is 48.0 Å². The molecular weight excluding hydrogens is 675 g/mol. The highest BCUT2D eigenvalue weighted by Gasteiger charge is 2.46. The van der Waals surface area contributed by atoms with E-state index in [1.165, 1.54) is 18.2 Å². The van der Waals surface area contributed by atoms with E-state index in [0.717, 1.165) is 16.0 Å². The van der Waals surface area contributed by atoms with Crippen molar-refractivity contribution in [3.05, 3.63) is 93.1 Å². The second kappa shape index (κ2) is 13.0. The highest BCUT2D eigenvalue weighted by atomic mass is 35.5. The first-order valence-corrected chi connectivity index (χ1v) is 16.3. The quantitative estimate of drug-likeness (QED) is 0.289. The minimum atomic E-state index is -1.12. The monoisotopic (exact) mass is 702 g/mol. The fourth-order valence-corrected chi connectivity index (χ4v) is 6.83. The molecule has 6 amide bonds. The van der Waals surface area contributed by atoms with Gasteiger partial charge in [0.15, 0.2) is 12.3 Å². The molecule has 1 aromatic heterocycles. The Bertz CT molecular complexity index is 2070. The number of halogens is 2. The number of nitrogens with zero attached hydrogens (tertiary/aromatic N) is 5. The number of imide groups is 2. The van der Waals surface area contributed by atoms with Gasteiger partial charge in [0.25, 0.3) is 23.6 Å². The average molecular weight is 704 g/mol. The average Bonchev–Trinajstić information content (AvgIpc) is 3.59. The fourth-order valence-electron chi connectivity index (χ4n) is 6.36. The third-order valence-corrected chi connectivity index (χ3v) is 9.48. The van der Waals surface area contributed by atoms with Gasteiger partial charge < -0.3 is 14.5 Å². The Morgan fingerprint density at radius 3 is 2.41 bits per heavy atom. The van der Waals surface area contributed by atoms with Crippen molar-refractivity contribution in [2.24, 2.45) is 0 Å². The molecule has 13 nitrogen and oxygen atoms in total. The smallest absolute Gasteiger partial charge is 0.275 e. The third kappa shape index (κ3) is 6.00. The van der Waals surface area contributed by atoms with Crippen molar-refractivity contribution < 1.29 is 33.5 Å². The molecule has 1 unspecified atom stereocenters. The van der Waals surface area contributed by atoms with E-state index in [-0.39, 0.29) is 67.7 Å². The van der Waals surface area contributed by atoms with E-state index >= 15 is 0 Å². The van der Waals surface area contributed by atoms with Gasteiger partial charge in [-0.05, 0) is 42.3 Å². The van der Waals surface area contributed by atoms with Gasteiger partial charge >= 0.3 is 0 Å². The van der Waals surface area contributed by atoms with Crippen LogP contribution < -0.4 is 10.1 Å². The predicted molar refractivity (Wildman–Crippen MR) is 176 cm³/mol. The Balaban J connectivity index is 0.991. The van der Waals surface area contributed by atoms with Gasteiger partial charge in [-0.1, -0.05) is 53.5 Å². The van der Waals surface area contributed by atoms with E-state index in [1.807, 2.05) is 30.3 Å². The first kappa shape index (κ1) is 32.3. The number of piperidine rings is 1. The number of benzene rings is 3. The van der Waals surface area contributed by atoms with Gasteiger partial charge in [0.1, 0.15) is 11.8 Å². The summed E-state index contributed by atoms with van der Waals surface area (Å²) in [6.07, 6.45) is 0.0235. The normalized spacial score (nSPS) is 17.8. The minimum absolute atomic E-state index is 0.0000282. The van der Waals surface area contributed by atoms with Gasteiger partial charge in [-0.2, -0.15) is 5.10 Å². The van der Waals surface area contributed by atoms with Gasteiger partial charge in [-0.15, -0.1) is 0 Å². The summed E-state index contributed by atoms with van der Waals surface area (Å²) in [6.45, 7) is 0.964. The van der Waals surface area contributed by atoms with E-state index in [1.54, 1.807) is 26.6 Å². The van der Waals surface area contributed by atoms with Gasteiger partial charge in [0.2, 0.25) is 11.8 Å². The molecule has 1 N–H and O–H groups in total. The molecule has 0 radical (unpaired) electrons. The number of hydrogen-bond acceptors (Lipinski definition) is 8.